The minimum atomic E-state index is 0.258. The molecule has 0 saturated carbocycles. The highest BCUT2D eigenvalue weighted by molar-refractivity contribution is 7.12. The molecule has 0 amide bonds. The maximum absolute atomic E-state index is 10.2. The molecule has 41 valence electrons. The van der Waals surface area contributed by atoms with Crippen LogP contribution in [-0.2, 0) is 0 Å². The Morgan fingerprint density at radius 1 is 2.00 bits per heavy atom. The van der Waals surface area contributed by atoms with E-state index in [4.69, 9.17) is 5.84 Å². The van der Waals surface area contributed by atoms with E-state index in [0.29, 0.717) is 5.00 Å². The highest BCUT2D eigenvalue weighted by Gasteiger charge is 2.08. The van der Waals surface area contributed by atoms with Crippen molar-refractivity contribution in [3.8, 4) is 0 Å². The van der Waals surface area contributed by atoms with Crippen molar-refractivity contribution in [2.24, 2.45) is 5.84 Å². The number of hydrazine groups is 1. The van der Waals surface area contributed by atoms with Crippen molar-refractivity contribution in [1.29, 1.82) is 0 Å². The molecule has 0 saturated heterocycles. The lowest BCUT2D eigenvalue weighted by atomic mass is 10.9. The number of nitroso groups, excluding NO2 is 1. The second kappa shape index (κ2) is 1.87. The zero-order chi connectivity index (χ0) is 5.98. The summed E-state index contributed by atoms with van der Waals surface area (Å²) in [6.07, 6.45) is 1.36. The summed E-state index contributed by atoms with van der Waals surface area (Å²) in [7, 11) is 0. The third-order valence-corrected chi connectivity index (χ3v) is 1.29. The van der Waals surface area contributed by atoms with Gasteiger partial charge in [-0.25, -0.2) is 4.98 Å². The first kappa shape index (κ1) is 5.17. The van der Waals surface area contributed by atoms with E-state index in [-0.39, 0.29) is 4.87 Å². The first-order valence-electron chi connectivity index (χ1n) is 1.84. The van der Waals surface area contributed by atoms with Gasteiger partial charge < -0.3 is 0 Å². The minimum Gasteiger partial charge on any atom is -0.234 e. The number of aromatic nitrogens is 1. The molecule has 0 bridgehead atoms. The number of thiazole rings is 1. The maximum atomic E-state index is 10.2. The molecule has 0 aromatic carbocycles. The average Bonchev–Trinajstić information content (AvgIpc) is 2.12. The van der Waals surface area contributed by atoms with E-state index >= 15 is 0 Å². The lowest BCUT2D eigenvalue weighted by Crippen LogP contribution is -2.06. The van der Waals surface area contributed by atoms with E-state index in [0.717, 1.165) is 11.3 Å². The molecule has 0 fully saturated rings. The van der Waals surface area contributed by atoms with Crippen LogP contribution >= 0.6 is 11.3 Å². The van der Waals surface area contributed by atoms with Crippen molar-refractivity contribution in [3.63, 3.8) is 0 Å². The van der Waals surface area contributed by atoms with Gasteiger partial charge in [0.1, 0.15) is 6.20 Å². The van der Waals surface area contributed by atoms with Crippen molar-refractivity contribution in [3.05, 3.63) is 16.6 Å². The van der Waals surface area contributed by atoms with E-state index in [2.05, 4.69) is 10.5 Å². The van der Waals surface area contributed by atoms with E-state index in [1.165, 1.54) is 6.20 Å². The van der Waals surface area contributed by atoms with Gasteiger partial charge in [-0.2, -0.15) is 5.84 Å². The third kappa shape index (κ3) is 0.812. The Labute approximate surface area is 49.5 Å². The normalized spacial score (nSPS) is 9.00. The Morgan fingerprint density at radius 3 is 3.00 bits per heavy atom. The smallest absolute Gasteiger partial charge is 0.234 e. The Balaban J connectivity index is 2.93. The van der Waals surface area contributed by atoms with E-state index in [9.17, 15) is 4.91 Å². The van der Waals surface area contributed by atoms with E-state index < -0.39 is 0 Å². The molecule has 1 aromatic rings. The van der Waals surface area contributed by atoms with Crippen LogP contribution in [0, 0.1) is 10.4 Å². The van der Waals surface area contributed by atoms with Gasteiger partial charge in [0.2, 0.25) is 0 Å². The molecule has 5 heteroatoms. The van der Waals surface area contributed by atoms with Crippen LogP contribution in [0.5, 0.6) is 0 Å². The molecule has 0 aliphatic rings. The molecule has 1 rings (SSSR count). The monoisotopic (exact) mass is 129 g/mol. The number of nitrogens with two attached hydrogens (primary N) is 1. The topological polar surface area (TPSA) is 59.0 Å². The van der Waals surface area contributed by atoms with Gasteiger partial charge in [0.15, 0.2) is 10.4 Å². The summed E-state index contributed by atoms with van der Waals surface area (Å²) in [5.74, 6) is 4.79. The standard InChI is InChI=1S/C3H3N3OS/c4-6(7)3-1-5-2-8-3/h1H,(H2,4,7)/q+1. The molecule has 0 atom stereocenters. The zero-order valence-corrected chi connectivity index (χ0v) is 4.68. The van der Waals surface area contributed by atoms with Crippen molar-refractivity contribution in [2.45, 2.75) is 0 Å². The van der Waals surface area contributed by atoms with Crippen LogP contribution in [-0.4, -0.2) is 9.85 Å². The SMILES string of the molecule is N[N+](=O)c1cn[c]s1. The predicted molar refractivity (Wildman–Crippen MR) is 28.4 cm³/mol. The van der Waals surface area contributed by atoms with Gasteiger partial charge in [-0.3, -0.25) is 0 Å². The van der Waals surface area contributed by atoms with Gasteiger partial charge in [-0.15, -0.1) is 0 Å². The molecule has 1 radical (unpaired) electrons. The van der Waals surface area contributed by atoms with Gasteiger partial charge >= 0.3 is 5.00 Å². The minimum absolute atomic E-state index is 0.258. The van der Waals surface area contributed by atoms with Crippen molar-refractivity contribution in [1.82, 2.24) is 4.98 Å². The van der Waals surface area contributed by atoms with Gasteiger partial charge in [0, 0.05) is 0 Å². The second-order valence-corrected chi connectivity index (χ2v) is 1.92. The molecule has 8 heavy (non-hydrogen) atoms. The molecule has 4 nitrogen and oxygen atoms in total. The maximum Gasteiger partial charge on any atom is 0.366 e. The summed E-state index contributed by atoms with van der Waals surface area (Å²) in [5.41, 5.74) is 2.48. The van der Waals surface area contributed by atoms with Crippen LogP contribution in [0.2, 0.25) is 0 Å². The first-order chi connectivity index (χ1) is 3.80. The number of hydrogen-bond donors (Lipinski definition) is 1. The zero-order valence-electron chi connectivity index (χ0n) is 3.87. The third-order valence-electron chi connectivity index (χ3n) is 0.595. The van der Waals surface area contributed by atoms with Crippen LogP contribution in [0.15, 0.2) is 6.20 Å². The number of hydrogen-bond acceptors (Lipinski definition) is 3. The second-order valence-electron chi connectivity index (χ2n) is 1.12. The van der Waals surface area contributed by atoms with Crippen molar-refractivity contribution in [2.75, 3.05) is 0 Å². The fourth-order valence-corrected chi connectivity index (χ4v) is 0.677. The molecular formula is C3H3N3OS+. The highest BCUT2D eigenvalue weighted by Crippen LogP contribution is 2.11. The Bertz CT molecular complexity index is 182. The van der Waals surface area contributed by atoms with Crippen LogP contribution in [0.25, 0.3) is 0 Å². The predicted octanol–water partition coefficient (Wildman–Crippen LogP) is 0.227. The summed E-state index contributed by atoms with van der Waals surface area (Å²) >= 11 is 1.08. The fourth-order valence-electron chi connectivity index (χ4n) is 0.283. The van der Waals surface area contributed by atoms with Crippen molar-refractivity contribution < 1.29 is 4.87 Å². The van der Waals surface area contributed by atoms with Gasteiger partial charge in [-0.05, 0) is 11.3 Å². The van der Waals surface area contributed by atoms with E-state index in [1.807, 2.05) is 0 Å². The first-order valence-corrected chi connectivity index (χ1v) is 2.66. The quantitative estimate of drug-likeness (QED) is 0.335. The largest absolute Gasteiger partial charge is 0.366 e. The lowest BCUT2D eigenvalue weighted by molar-refractivity contribution is -0.470. The van der Waals surface area contributed by atoms with Gasteiger partial charge in [-0.1, -0.05) is 0 Å². The molecular weight excluding hydrogens is 126 g/mol. The number of rotatable bonds is 1. The summed E-state index contributed by atoms with van der Waals surface area (Å²) < 4.78 is 0. The molecule has 0 aliphatic carbocycles. The highest BCUT2D eigenvalue weighted by atomic mass is 32.1. The molecule has 0 spiro atoms. The molecule has 1 heterocycles. The summed E-state index contributed by atoms with van der Waals surface area (Å²) in [6.45, 7) is 0. The molecule has 0 aliphatic heterocycles. The molecule has 0 unspecified atom stereocenters. The van der Waals surface area contributed by atoms with Crippen LogP contribution in [0.3, 0.4) is 0 Å². The average molecular weight is 129 g/mol. The lowest BCUT2D eigenvalue weighted by Gasteiger charge is -1.67. The summed E-state index contributed by atoms with van der Waals surface area (Å²) in [6, 6.07) is 0. The fraction of sp³-hybridized carbons (Fsp3) is 0. The Morgan fingerprint density at radius 2 is 2.75 bits per heavy atom. The Kier molecular flexibility index (Phi) is 1.21. The number of nitrogens with zero attached hydrogens (tertiary/aromatic N) is 2. The van der Waals surface area contributed by atoms with Gasteiger partial charge in [0.05, 0.1) is 4.91 Å². The van der Waals surface area contributed by atoms with Crippen LogP contribution in [0.1, 0.15) is 0 Å². The van der Waals surface area contributed by atoms with Crippen LogP contribution < -0.4 is 5.84 Å². The summed E-state index contributed by atoms with van der Waals surface area (Å²) in [4.78, 5) is 13.9. The van der Waals surface area contributed by atoms with Crippen molar-refractivity contribution >= 4 is 16.3 Å². The van der Waals surface area contributed by atoms with E-state index in [1.54, 1.807) is 0 Å². The Hall–Kier alpha value is -0.970. The summed E-state index contributed by atoms with van der Waals surface area (Å²) in [5, 5.41) is 0.366. The van der Waals surface area contributed by atoms with Crippen LogP contribution in [0.4, 0.5) is 5.00 Å². The molecule has 2 N–H and O–H groups in total. The molecule has 1 aromatic heterocycles. The van der Waals surface area contributed by atoms with Gasteiger partial charge in [0.25, 0.3) is 0 Å².